The number of benzene rings is 1. The average Bonchev–Trinajstić information content (AvgIpc) is 3.08. The lowest BCUT2D eigenvalue weighted by Gasteiger charge is -2.20. The molecule has 1 aliphatic rings. The minimum atomic E-state index is 0.160. The Bertz CT molecular complexity index is 701. The number of nitrogens with zero attached hydrogens (tertiary/aromatic N) is 3. The van der Waals surface area contributed by atoms with Gasteiger partial charge in [-0.3, -0.25) is 4.79 Å². The molecule has 0 aliphatic heterocycles. The fourth-order valence-corrected chi connectivity index (χ4v) is 2.88. The molecule has 2 aromatic rings. The normalized spacial score (nSPS) is 19.6. The summed E-state index contributed by atoms with van der Waals surface area (Å²) in [5.41, 5.74) is 0.706. The Morgan fingerprint density at radius 3 is 2.78 bits per heavy atom. The standard InChI is InChI=1S/C17H20ClN3O2/c1-3-8-21(17(22)13-9-11(13)2)10-15-19-20-16(23-15)12-6-4-5-7-14(12)18/h4-7,11,13H,3,8-10H2,1-2H3. The van der Waals surface area contributed by atoms with E-state index in [9.17, 15) is 4.79 Å². The maximum absolute atomic E-state index is 12.5. The number of hydrogen-bond donors (Lipinski definition) is 0. The Labute approximate surface area is 140 Å². The molecule has 2 unspecified atom stereocenters. The lowest BCUT2D eigenvalue weighted by Crippen LogP contribution is -2.33. The van der Waals surface area contributed by atoms with E-state index in [1.807, 2.05) is 23.1 Å². The van der Waals surface area contributed by atoms with Gasteiger partial charge in [-0.25, -0.2) is 0 Å². The number of carbonyl (C=O) groups excluding carboxylic acids is 1. The lowest BCUT2D eigenvalue weighted by molar-refractivity contribution is -0.133. The SMILES string of the molecule is CCCN(Cc1nnc(-c2ccccc2Cl)o1)C(=O)C1CC1C. The molecule has 0 radical (unpaired) electrons. The van der Waals surface area contributed by atoms with E-state index in [-0.39, 0.29) is 11.8 Å². The predicted molar refractivity (Wildman–Crippen MR) is 87.7 cm³/mol. The third kappa shape index (κ3) is 3.55. The maximum Gasteiger partial charge on any atom is 0.249 e. The molecular formula is C17H20ClN3O2. The van der Waals surface area contributed by atoms with Crippen LogP contribution in [-0.2, 0) is 11.3 Å². The summed E-state index contributed by atoms with van der Waals surface area (Å²) in [5.74, 6) is 1.66. The van der Waals surface area contributed by atoms with Gasteiger partial charge in [-0.1, -0.05) is 37.6 Å². The van der Waals surface area contributed by atoms with Gasteiger partial charge in [-0.2, -0.15) is 0 Å². The molecule has 1 aromatic carbocycles. The highest BCUT2D eigenvalue weighted by atomic mass is 35.5. The number of hydrogen-bond acceptors (Lipinski definition) is 4. The van der Waals surface area contributed by atoms with Crippen LogP contribution in [0.5, 0.6) is 0 Å². The molecule has 1 fully saturated rings. The van der Waals surface area contributed by atoms with Crippen molar-refractivity contribution in [1.82, 2.24) is 15.1 Å². The van der Waals surface area contributed by atoms with Crippen LogP contribution in [0.2, 0.25) is 5.02 Å². The van der Waals surface area contributed by atoms with Gasteiger partial charge < -0.3 is 9.32 Å². The molecule has 0 N–H and O–H groups in total. The van der Waals surface area contributed by atoms with E-state index in [1.165, 1.54) is 0 Å². The van der Waals surface area contributed by atoms with Gasteiger partial charge in [0.1, 0.15) is 0 Å². The highest BCUT2D eigenvalue weighted by molar-refractivity contribution is 6.33. The smallest absolute Gasteiger partial charge is 0.249 e. The Hall–Kier alpha value is -1.88. The second-order valence-electron chi connectivity index (χ2n) is 6.06. The minimum absolute atomic E-state index is 0.160. The van der Waals surface area contributed by atoms with Crippen LogP contribution in [0.3, 0.4) is 0 Å². The zero-order valence-corrected chi connectivity index (χ0v) is 14.1. The molecule has 1 heterocycles. The molecule has 2 atom stereocenters. The fourth-order valence-electron chi connectivity index (χ4n) is 2.66. The van der Waals surface area contributed by atoms with Crippen LogP contribution in [0.15, 0.2) is 28.7 Å². The van der Waals surface area contributed by atoms with Crippen LogP contribution >= 0.6 is 11.6 Å². The second kappa shape index (κ2) is 6.71. The van der Waals surface area contributed by atoms with Crippen LogP contribution in [0.25, 0.3) is 11.5 Å². The fraction of sp³-hybridized carbons (Fsp3) is 0.471. The van der Waals surface area contributed by atoms with E-state index in [2.05, 4.69) is 24.0 Å². The summed E-state index contributed by atoms with van der Waals surface area (Å²) in [6, 6.07) is 7.33. The molecular weight excluding hydrogens is 314 g/mol. The summed E-state index contributed by atoms with van der Waals surface area (Å²) >= 11 is 6.15. The molecule has 0 spiro atoms. The quantitative estimate of drug-likeness (QED) is 0.807. The number of carbonyl (C=O) groups is 1. The zero-order chi connectivity index (χ0) is 16.4. The molecule has 23 heavy (non-hydrogen) atoms. The van der Waals surface area contributed by atoms with Crippen molar-refractivity contribution in [2.24, 2.45) is 11.8 Å². The first-order valence-electron chi connectivity index (χ1n) is 7.96. The van der Waals surface area contributed by atoms with Gasteiger partial charge in [0.15, 0.2) is 0 Å². The van der Waals surface area contributed by atoms with Crippen molar-refractivity contribution in [3.05, 3.63) is 35.2 Å². The first-order chi connectivity index (χ1) is 11.1. The minimum Gasteiger partial charge on any atom is -0.419 e. The summed E-state index contributed by atoms with van der Waals surface area (Å²) in [4.78, 5) is 14.3. The zero-order valence-electron chi connectivity index (χ0n) is 13.3. The van der Waals surface area contributed by atoms with Gasteiger partial charge in [0.25, 0.3) is 0 Å². The van der Waals surface area contributed by atoms with Crippen LogP contribution in [0, 0.1) is 11.8 Å². The molecule has 0 saturated heterocycles. The van der Waals surface area contributed by atoms with Crippen molar-refractivity contribution >= 4 is 17.5 Å². The number of aromatic nitrogens is 2. The third-order valence-electron chi connectivity index (χ3n) is 4.13. The number of halogens is 1. The largest absolute Gasteiger partial charge is 0.419 e. The first-order valence-corrected chi connectivity index (χ1v) is 8.34. The Balaban J connectivity index is 1.74. The maximum atomic E-state index is 12.5. The van der Waals surface area contributed by atoms with Crippen LogP contribution < -0.4 is 0 Å². The highest BCUT2D eigenvalue weighted by Crippen LogP contribution is 2.39. The predicted octanol–water partition coefficient (Wildman–Crippen LogP) is 3.78. The summed E-state index contributed by atoms with van der Waals surface area (Å²) < 4.78 is 5.70. The van der Waals surface area contributed by atoms with Gasteiger partial charge in [0.2, 0.25) is 17.7 Å². The van der Waals surface area contributed by atoms with E-state index in [0.29, 0.717) is 41.4 Å². The second-order valence-corrected chi connectivity index (χ2v) is 6.47. The summed E-state index contributed by atoms with van der Waals surface area (Å²) in [7, 11) is 0. The van der Waals surface area contributed by atoms with Crippen molar-refractivity contribution in [2.75, 3.05) is 6.54 Å². The molecule has 1 amide bonds. The molecule has 3 rings (SSSR count). The van der Waals surface area contributed by atoms with Gasteiger partial charge in [0, 0.05) is 12.5 Å². The molecule has 0 bridgehead atoms. The van der Waals surface area contributed by atoms with Gasteiger partial charge in [-0.15, -0.1) is 10.2 Å². The Morgan fingerprint density at radius 2 is 2.13 bits per heavy atom. The number of rotatable bonds is 6. The van der Waals surface area contributed by atoms with E-state index >= 15 is 0 Å². The summed E-state index contributed by atoms with van der Waals surface area (Å²) in [5, 5.41) is 8.69. The monoisotopic (exact) mass is 333 g/mol. The van der Waals surface area contributed by atoms with Crippen LogP contribution in [0.4, 0.5) is 0 Å². The molecule has 6 heteroatoms. The van der Waals surface area contributed by atoms with Crippen molar-refractivity contribution in [2.45, 2.75) is 33.2 Å². The summed E-state index contributed by atoms with van der Waals surface area (Å²) in [6.07, 6.45) is 1.88. The van der Waals surface area contributed by atoms with Gasteiger partial charge in [-0.05, 0) is 30.9 Å². The van der Waals surface area contributed by atoms with E-state index in [0.717, 1.165) is 12.8 Å². The lowest BCUT2D eigenvalue weighted by atomic mass is 10.2. The van der Waals surface area contributed by atoms with Crippen molar-refractivity contribution in [3.8, 4) is 11.5 Å². The van der Waals surface area contributed by atoms with Crippen molar-refractivity contribution < 1.29 is 9.21 Å². The summed E-state index contributed by atoms with van der Waals surface area (Å²) in [6.45, 7) is 5.22. The topological polar surface area (TPSA) is 59.2 Å². The van der Waals surface area contributed by atoms with E-state index in [4.69, 9.17) is 16.0 Å². The molecule has 122 valence electrons. The molecule has 1 aliphatic carbocycles. The van der Waals surface area contributed by atoms with Gasteiger partial charge in [0.05, 0.1) is 17.1 Å². The molecule has 5 nitrogen and oxygen atoms in total. The first kappa shape index (κ1) is 16.0. The highest BCUT2D eigenvalue weighted by Gasteiger charge is 2.41. The van der Waals surface area contributed by atoms with Crippen molar-refractivity contribution in [3.63, 3.8) is 0 Å². The molecule has 1 aromatic heterocycles. The Morgan fingerprint density at radius 1 is 1.39 bits per heavy atom. The number of amides is 1. The average molecular weight is 334 g/mol. The van der Waals surface area contributed by atoms with E-state index in [1.54, 1.807) is 6.07 Å². The van der Waals surface area contributed by atoms with E-state index < -0.39 is 0 Å². The van der Waals surface area contributed by atoms with Gasteiger partial charge >= 0.3 is 0 Å². The van der Waals surface area contributed by atoms with Crippen LogP contribution in [0.1, 0.15) is 32.6 Å². The molecule has 1 saturated carbocycles. The van der Waals surface area contributed by atoms with Crippen molar-refractivity contribution in [1.29, 1.82) is 0 Å². The Kier molecular flexibility index (Phi) is 4.66. The van der Waals surface area contributed by atoms with Crippen LogP contribution in [-0.4, -0.2) is 27.5 Å². The third-order valence-corrected chi connectivity index (χ3v) is 4.46.